The topological polar surface area (TPSA) is 24.5 Å². The number of hydrogen-bond donors (Lipinski definition) is 1. The van der Waals surface area contributed by atoms with Gasteiger partial charge in [0.2, 0.25) is 0 Å². The van der Waals surface area contributed by atoms with Crippen LogP contribution in [0.2, 0.25) is 0 Å². The van der Waals surface area contributed by atoms with Gasteiger partial charge < -0.3 is 15.0 Å². The zero-order valence-electron chi connectivity index (χ0n) is 11.5. The molecule has 3 unspecified atom stereocenters. The summed E-state index contributed by atoms with van der Waals surface area (Å²) in [6.45, 7) is 7.05. The van der Waals surface area contributed by atoms with Gasteiger partial charge in [-0.25, -0.2) is 0 Å². The summed E-state index contributed by atoms with van der Waals surface area (Å²) in [5.41, 5.74) is 0. The fourth-order valence-electron chi connectivity index (χ4n) is 3.23. The molecule has 2 aliphatic heterocycles. The van der Waals surface area contributed by atoms with Crippen LogP contribution in [0.4, 0.5) is 0 Å². The van der Waals surface area contributed by atoms with Crippen LogP contribution in [0, 0.1) is 5.92 Å². The summed E-state index contributed by atoms with van der Waals surface area (Å²) in [5.74, 6) is 0.865. The lowest BCUT2D eigenvalue weighted by Gasteiger charge is -2.37. The molecule has 0 aromatic carbocycles. The smallest absolute Gasteiger partial charge is 0.0575 e. The molecule has 0 aromatic rings. The number of likely N-dealkylation sites (tertiary alicyclic amines) is 1. The minimum absolute atomic E-state index is 0.527. The molecule has 0 bridgehead atoms. The van der Waals surface area contributed by atoms with E-state index < -0.39 is 0 Å². The van der Waals surface area contributed by atoms with Gasteiger partial charge in [0.1, 0.15) is 0 Å². The molecule has 17 heavy (non-hydrogen) atoms. The van der Waals surface area contributed by atoms with Crippen molar-refractivity contribution >= 4 is 0 Å². The van der Waals surface area contributed by atoms with Crippen LogP contribution < -0.4 is 5.32 Å². The van der Waals surface area contributed by atoms with Gasteiger partial charge in [-0.05, 0) is 51.6 Å². The van der Waals surface area contributed by atoms with Crippen LogP contribution in [-0.2, 0) is 4.74 Å². The Kier molecular flexibility index (Phi) is 5.26. The molecule has 0 saturated carbocycles. The Hall–Kier alpha value is -0.120. The third kappa shape index (κ3) is 3.94. The molecule has 2 heterocycles. The molecule has 2 saturated heterocycles. The van der Waals surface area contributed by atoms with Crippen molar-refractivity contribution in [3.05, 3.63) is 0 Å². The largest absolute Gasteiger partial charge is 0.378 e. The maximum atomic E-state index is 5.76. The molecular weight excluding hydrogens is 212 g/mol. The predicted octanol–water partition coefficient (Wildman–Crippen LogP) is 1.88. The van der Waals surface area contributed by atoms with E-state index in [1.807, 2.05) is 0 Å². The van der Waals surface area contributed by atoms with Gasteiger partial charge in [0.25, 0.3) is 0 Å². The Morgan fingerprint density at radius 2 is 2.24 bits per heavy atom. The van der Waals surface area contributed by atoms with Crippen LogP contribution in [0.1, 0.15) is 39.0 Å². The van der Waals surface area contributed by atoms with E-state index in [1.54, 1.807) is 0 Å². The number of nitrogens with one attached hydrogen (secondary N) is 1. The van der Waals surface area contributed by atoms with E-state index in [1.165, 1.54) is 51.7 Å². The quantitative estimate of drug-likeness (QED) is 0.812. The first-order valence-corrected chi connectivity index (χ1v) is 7.33. The van der Waals surface area contributed by atoms with Crippen molar-refractivity contribution in [3.63, 3.8) is 0 Å². The molecule has 1 N–H and O–H groups in total. The summed E-state index contributed by atoms with van der Waals surface area (Å²) in [7, 11) is 2.09. The van der Waals surface area contributed by atoms with Crippen LogP contribution in [-0.4, -0.2) is 50.3 Å². The number of rotatable bonds is 4. The molecule has 0 amide bonds. The highest BCUT2D eigenvalue weighted by atomic mass is 16.5. The highest BCUT2D eigenvalue weighted by molar-refractivity contribution is 4.80. The molecule has 0 aliphatic carbocycles. The third-order valence-electron chi connectivity index (χ3n) is 4.36. The molecule has 3 atom stereocenters. The van der Waals surface area contributed by atoms with Gasteiger partial charge in [0.15, 0.2) is 0 Å². The Labute approximate surface area is 106 Å². The summed E-state index contributed by atoms with van der Waals surface area (Å²) in [4.78, 5) is 2.66. The van der Waals surface area contributed by atoms with E-state index >= 15 is 0 Å². The van der Waals surface area contributed by atoms with Crippen LogP contribution >= 0.6 is 0 Å². The fraction of sp³-hybridized carbons (Fsp3) is 1.00. The van der Waals surface area contributed by atoms with E-state index in [0.29, 0.717) is 12.1 Å². The number of ether oxygens (including phenoxy) is 1. The van der Waals surface area contributed by atoms with Gasteiger partial charge in [0.05, 0.1) is 6.10 Å². The standard InChI is InChI=1S/C14H28N2O/c1-3-14-9-12(6-8-17-14)10-16-7-4-5-13(11-16)15-2/h12-15H,3-11H2,1-2H3. The van der Waals surface area contributed by atoms with E-state index in [4.69, 9.17) is 4.74 Å². The summed E-state index contributed by atoms with van der Waals surface area (Å²) < 4.78 is 5.76. The van der Waals surface area contributed by atoms with Gasteiger partial charge >= 0.3 is 0 Å². The van der Waals surface area contributed by atoms with Gasteiger partial charge in [-0.3, -0.25) is 0 Å². The number of piperidine rings is 1. The van der Waals surface area contributed by atoms with E-state index in [2.05, 4.69) is 24.2 Å². The SMILES string of the molecule is CCC1CC(CN2CCCC(NC)C2)CCO1. The molecule has 0 spiro atoms. The van der Waals surface area contributed by atoms with Gasteiger partial charge in [0, 0.05) is 25.7 Å². The second-order valence-corrected chi connectivity index (χ2v) is 5.68. The van der Waals surface area contributed by atoms with Crippen LogP contribution in [0.3, 0.4) is 0 Å². The second-order valence-electron chi connectivity index (χ2n) is 5.68. The van der Waals surface area contributed by atoms with E-state index in [0.717, 1.165) is 12.5 Å². The Balaban J connectivity index is 1.75. The first-order valence-electron chi connectivity index (χ1n) is 7.33. The van der Waals surface area contributed by atoms with Gasteiger partial charge in [-0.2, -0.15) is 0 Å². The average molecular weight is 240 g/mol. The van der Waals surface area contributed by atoms with Crippen LogP contribution in [0.15, 0.2) is 0 Å². The van der Waals surface area contributed by atoms with Crippen molar-refractivity contribution in [1.82, 2.24) is 10.2 Å². The molecule has 3 nitrogen and oxygen atoms in total. The Morgan fingerprint density at radius 1 is 1.35 bits per heavy atom. The minimum Gasteiger partial charge on any atom is -0.378 e. The molecule has 2 rings (SSSR count). The van der Waals surface area contributed by atoms with Crippen molar-refractivity contribution in [2.45, 2.75) is 51.2 Å². The summed E-state index contributed by atoms with van der Waals surface area (Å²) in [5, 5.41) is 3.42. The molecular formula is C14H28N2O. The van der Waals surface area contributed by atoms with Gasteiger partial charge in [-0.1, -0.05) is 6.92 Å². The second kappa shape index (κ2) is 6.72. The fourth-order valence-corrected chi connectivity index (χ4v) is 3.23. The van der Waals surface area contributed by atoms with Crippen LogP contribution in [0.25, 0.3) is 0 Å². The molecule has 0 radical (unpaired) electrons. The molecule has 2 aliphatic rings. The molecule has 0 aromatic heterocycles. The highest BCUT2D eigenvalue weighted by Crippen LogP contribution is 2.24. The van der Waals surface area contributed by atoms with E-state index in [-0.39, 0.29) is 0 Å². The molecule has 100 valence electrons. The predicted molar refractivity (Wildman–Crippen MR) is 71.3 cm³/mol. The normalized spacial score (nSPS) is 36.0. The average Bonchev–Trinajstić information content (AvgIpc) is 2.39. The Bertz CT molecular complexity index is 200. The van der Waals surface area contributed by atoms with Crippen LogP contribution in [0.5, 0.6) is 0 Å². The zero-order chi connectivity index (χ0) is 12.1. The molecule has 2 fully saturated rings. The number of nitrogens with zero attached hydrogens (tertiary/aromatic N) is 1. The Morgan fingerprint density at radius 3 is 3.00 bits per heavy atom. The number of likely N-dealkylation sites (N-methyl/N-ethyl adjacent to an activating group) is 1. The van der Waals surface area contributed by atoms with Crippen molar-refractivity contribution in [2.24, 2.45) is 5.92 Å². The third-order valence-corrected chi connectivity index (χ3v) is 4.36. The van der Waals surface area contributed by atoms with Crippen molar-refractivity contribution < 1.29 is 4.74 Å². The zero-order valence-corrected chi connectivity index (χ0v) is 11.5. The maximum Gasteiger partial charge on any atom is 0.0575 e. The maximum absolute atomic E-state index is 5.76. The van der Waals surface area contributed by atoms with Crippen molar-refractivity contribution in [2.75, 3.05) is 33.3 Å². The van der Waals surface area contributed by atoms with Crippen molar-refractivity contribution in [3.8, 4) is 0 Å². The van der Waals surface area contributed by atoms with Crippen molar-refractivity contribution in [1.29, 1.82) is 0 Å². The minimum atomic E-state index is 0.527. The molecule has 3 heteroatoms. The first-order chi connectivity index (χ1) is 8.31. The lowest BCUT2D eigenvalue weighted by molar-refractivity contribution is -0.0195. The first kappa shape index (κ1) is 13.3. The highest BCUT2D eigenvalue weighted by Gasteiger charge is 2.25. The summed E-state index contributed by atoms with van der Waals surface area (Å²) in [6.07, 6.45) is 6.94. The summed E-state index contributed by atoms with van der Waals surface area (Å²) >= 11 is 0. The summed E-state index contributed by atoms with van der Waals surface area (Å²) in [6, 6.07) is 0.713. The van der Waals surface area contributed by atoms with Gasteiger partial charge in [-0.15, -0.1) is 0 Å². The number of hydrogen-bond acceptors (Lipinski definition) is 3. The lowest BCUT2D eigenvalue weighted by Crippen LogP contribution is -2.46. The van der Waals surface area contributed by atoms with E-state index in [9.17, 15) is 0 Å². The monoisotopic (exact) mass is 240 g/mol. The lowest BCUT2D eigenvalue weighted by atomic mass is 9.93.